The first-order valence-electron chi connectivity index (χ1n) is 6.26. The Balaban J connectivity index is 2.59. The number of rotatable bonds is 2. The number of carbonyl (C=O) groups is 1. The van der Waals surface area contributed by atoms with Gasteiger partial charge in [-0.05, 0) is 38.5 Å². The molecule has 1 rings (SSSR count). The van der Waals surface area contributed by atoms with Gasteiger partial charge in [0, 0.05) is 12.1 Å². The maximum atomic E-state index is 11.8. The van der Waals surface area contributed by atoms with Gasteiger partial charge in [-0.1, -0.05) is 20.8 Å². The van der Waals surface area contributed by atoms with Crippen molar-refractivity contribution in [3.05, 3.63) is 0 Å². The lowest BCUT2D eigenvalue weighted by atomic mass is 9.83. The summed E-state index contributed by atoms with van der Waals surface area (Å²) in [5, 5.41) is 2.96. The zero-order chi connectivity index (χ0) is 13.4. The standard InChI is InChI=1S/C13H26N2O2/c1-12(2,3)10(8-7-9(8)14)15-11(16)17-13(4,5)6/h8-10H,7,14H2,1-6H3,(H,15,16)/t8-,9-,10?/m1/s1. The predicted molar refractivity (Wildman–Crippen MR) is 68.7 cm³/mol. The van der Waals surface area contributed by atoms with E-state index < -0.39 is 5.60 Å². The van der Waals surface area contributed by atoms with Crippen LogP contribution in [-0.2, 0) is 4.74 Å². The summed E-state index contributed by atoms with van der Waals surface area (Å²) in [5.74, 6) is 0.377. The van der Waals surface area contributed by atoms with E-state index in [1.165, 1.54) is 0 Å². The maximum Gasteiger partial charge on any atom is 0.407 e. The summed E-state index contributed by atoms with van der Waals surface area (Å²) in [7, 11) is 0. The Morgan fingerprint density at radius 2 is 1.76 bits per heavy atom. The third kappa shape index (κ3) is 4.54. The summed E-state index contributed by atoms with van der Waals surface area (Å²) in [6.07, 6.45) is 0.633. The number of hydrogen-bond acceptors (Lipinski definition) is 3. The molecule has 3 atom stereocenters. The number of ether oxygens (including phenoxy) is 1. The topological polar surface area (TPSA) is 64.3 Å². The molecule has 100 valence electrons. The van der Waals surface area contributed by atoms with Crippen LogP contribution in [0.25, 0.3) is 0 Å². The number of nitrogens with one attached hydrogen (secondary N) is 1. The molecule has 1 fully saturated rings. The third-order valence-electron chi connectivity index (χ3n) is 2.92. The summed E-state index contributed by atoms with van der Waals surface area (Å²) in [6.45, 7) is 11.9. The molecule has 1 aliphatic rings. The Morgan fingerprint density at radius 1 is 1.29 bits per heavy atom. The van der Waals surface area contributed by atoms with Gasteiger partial charge in [-0.15, -0.1) is 0 Å². The third-order valence-corrected chi connectivity index (χ3v) is 2.92. The molecule has 0 spiro atoms. The molecule has 0 aliphatic heterocycles. The van der Waals surface area contributed by atoms with Gasteiger partial charge < -0.3 is 15.8 Å². The van der Waals surface area contributed by atoms with Crippen LogP contribution < -0.4 is 11.1 Å². The van der Waals surface area contributed by atoms with Gasteiger partial charge >= 0.3 is 6.09 Å². The molecule has 0 heterocycles. The highest BCUT2D eigenvalue weighted by atomic mass is 16.6. The quantitative estimate of drug-likeness (QED) is 0.780. The smallest absolute Gasteiger partial charge is 0.407 e. The van der Waals surface area contributed by atoms with Crippen molar-refractivity contribution >= 4 is 6.09 Å². The van der Waals surface area contributed by atoms with Gasteiger partial charge in [0.15, 0.2) is 0 Å². The fourth-order valence-electron chi connectivity index (χ4n) is 2.02. The first kappa shape index (κ1) is 14.3. The fraction of sp³-hybridized carbons (Fsp3) is 0.923. The van der Waals surface area contributed by atoms with E-state index in [0.717, 1.165) is 6.42 Å². The van der Waals surface area contributed by atoms with E-state index in [2.05, 4.69) is 26.1 Å². The number of amides is 1. The normalized spacial score (nSPS) is 26.3. The van der Waals surface area contributed by atoms with Crippen molar-refractivity contribution in [3.8, 4) is 0 Å². The van der Waals surface area contributed by atoms with Crippen molar-refractivity contribution < 1.29 is 9.53 Å². The minimum absolute atomic E-state index is 0.00427. The van der Waals surface area contributed by atoms with Crippen LogP contribution in [0.4, 0.5) is 4.79 Å². The number of alkyl carbamates (subject to hydrolysis) is 1. The van der Waals surface area contributed by atoms with Crippen LogP contribution in [0.2, 0.25) is 0 Å². The molecule has 1 amide bonds. The summed E-state index contributed by atoms with van der Waals surface area (Å²) < 4.78 is 5.29. The first-order chi connectivity index (χ1) is 7.50. The lowest BCUT2D eigenvalue weighted by molar-refractivity contribution is 0.0450. The summed E-state index contributed by atoms with van der Waals surface area (Å²) in [5.41, 5.74) is 5.41. The molecule has 0 saturated heterocycles. The van der Waals surface area contributed by atoms with Crippen LogP contribution in [0.5, 0.6) is 0 Å². The molecular weight excluding hydrogens is 216 g/mol. The van der Waals surface area contributed by atoms with Crippen LogP contribution in [-0.4, -0.2) is 23.8 Å². The molecule has 4 nitrogen and oxygen atoms in total. The molecule has 4 heteroatoms. The van der Waals surface area contributed by atoms with E-state index in [1.54, 1.807) is 0 Å². The lowest BCUT2D eigenvalue weighted by Crippen LogP contribution is -2.48. The molecule has 17 heavy (non-hydrogen) atoms. The highest BCUT2D eigenvalue weighted by Crippen LogP contribution is 2.39. The van der Waals surface area contributed by atoms with Crippen LogP contribution in [0.3, 0.4) is 0 Å². The van der Waals surface area contributed by atoms with Crippen molar-refractivity contribution in [2.75, 3.05) is 0 Å². The monoisotopic (exact) mass is 242 g/mol. The van der Waals surface area contributed by atoms with E-state index in [-0.39, 0.29) is 23.6 Å². The van der Waals surface area contributed by atoms with Gasteiger partial charge in [0.05, 0.1) is 0 Å². The van der Waals surface area contributed by atoms with Crippen LogP contribution in [0.15, 0.2) is 0 Å². The second-order valence-electron chi connectivity index (χ2n) is 7.05. The average molecular weight is 242 g/mol. The Labute approximate surface area is 104 Å². The van der Waals surface area contributed by atoms with E-state index in [1.807, 2.05) is 20.8 Å². The molecule has 0 bridgehead atoms. The van der Waals surface area contributed by atoms with Crippen LogP contribution in [0, 0.1) is 11.3 Å². The van der Waals surface area contributed by atoms with Crippen LogP contribution >= 0.6 is 0 Å². The van der Waals surface area contributed by atoms with Crippen LogP contribution in [0.1, 0.15) is 48.0 Å². The minimum atomic E-state index is -0.460. The Kier molecular flexibility index (Phi) is 3.77. The van der Waals surface area contributed by atoms with Crippen molar-refractivity contribution in [1.29, 1.82) is 0 Å². The highest BCUT2D eigenvalue weighted by molar-refractivity contribution is 5.68. The van der Waals surface area contributed by atoms with E-state index in [0.29, 0.717) is 5.92 Å². The van der Waals surface area contributed by atoms with E-state index in [9.17, 15) is 4.79 Å². The molecular formula is C13H26N2O2. The second-order valence-corrected chi connectivity index (χ2v) is 7.05. The van der Waals surface area contributed by atoms with Gasteiger partial charge in [-0.3, -0.25) is 0 Å². The summed E-state index contributed by atoms with van der Waals surface area (Å²) >= 11 is 0. The zero-order valence-corrected chi connectivity index (χ0v) is 11.8. The summed E-state index contributed by atoms with van der Waals surface area (Å²) in [4.78, 5) is 11.8. The Morgan fingerprint density at radius 3 is 2.06 bits per heavy atom. The average Bonchev–Trinajstić information content (AvgIpc) is 2.72. The van der Waals surface area contributed by atoms with E-state index in [4.69, 9.17) is 10.5 Å². The zero-order valence-electron chi connectivity index (χ0n) is 11.8. The Bertz CT molecular complexity index is 289. The molecule has 0 aromatic rings. The predicted octanol–water partition coefficient (Wildman–Crippen LogP) is 2.27. The number of nitrogens with two attached hydrogens (primary N) is 1. The number of carbonyl (C=O) groups excluding carboxylic acids is 1. The van der Waals surface area contributed by atoms with Gasteiger partial charge in [-0.25, -0.2) is 4.79 Å². The molecule has 0 aromatic heterocycles. The molecule has 0 aromatic carbocycles. The molecule has 1 saturated carbocycles. The van der Waals surface area contributed by atoms with Gasteiger partial charge in [0.1, 0.15) is 5.60 Å². The highest BCUT2D eigenvalue weighted by Gasteiger charge is 2.46. The Hall–Kier alpha value is -0.770. The van der Waals surface area contributed by atoms with Gasteiger partial charge in [0.25, 0.3) is 0 Å². The summed E-state index contributed by atoms with van der Waals surface area (Å²) in [6, 6.07) is 0.293. The molecule has 1 aliphatic carbocycles. The minimum Gasteiger partial charge on any atom is -0.444 e. The molecule has 1 unspecified atom stereocenters. The van der Waals surface area contributed by atoms with Crippen molar-refractivity contribution in [3.63, 3.8) is 0 Å². The largest absolute Gasteiger partial charge is 0.444 e. The maximum absolute atomic E-state index is 11.8. The van der Waals surface area contributed by atoms with E-state index >= 15 is 0 Å². The number of hydrogen-bond donors (Lipinski definition) is 2. The van der Waals surface area contributed by atoms with Crippen molar-refractivity contribution in [1.82, 2.24) is 5.32 Å². The van der Waals surface area contributed by atoms with Crippen molar-refractivity contribution in [2.45, 2.75) is 65.6 Å². The molecule has 3 N–H and O–H groups in total. The van der Waals surface area contributed by atoms with Crippen molar-refractivity contribution in [2.24, 2.45) is 17.1 Å². The molecule has 0 radical (unpaired) electrons. The van der Waals surface area contributed by atoms with Gasteiger partial charge in [0.2, 0.25) is 0 Å². The first-order valence-corrected chi connectivity index (χ1v) is 6.26. The fourth-order valence-corrected chi connectivity index (χ4v) is 2.02. The van der Waals surface area contributed by atoms with Gasteiger partial charge in [-0.2, -0.15) is 0 Å². The lowest BCUT2D eigenvalue weighted by Gasteiger charge is -2.32. The SMILES string of the molecule is CC(C)(C)OC(=O)NC([C@@H]1C[C@H]1N)C(C)(C)C. The second kappa shape index (κ2) is 4.48.